The van der Waals surface area contributed by atoms with Crippen molar-refractivity contribution in [2.24, 2.45) is 0 Å². The maximum Gasteiger partial charge on any atom is 0.264 e. The Morgan fingerprint density at radius 1 is 1.38 bits per heavy atom. The van der Waals surface area contributed by atoms with Crippen LogP contribution in [0.5, 0.6) is 0 Å². The number of H-pyrrole nitrogens is 1. The summed E-state index contributed by atoms with van der Waals surface area (Å²) in [6.07, 6.45) is 4.06. The molecule has 0 aliphatic rings. The van der Waals surface area contributed by atoms with Gasteiger partial charge < -0.3 is 4.98 Å². The molecule has 0 atom stereocenters. The summed E-state index contributed by atoms with van der Waals surface area (Å²) in [4.78, 5) is 10.2. The third-order valence-electron chi connectivity index (χ3n) is 1.75. The van der Waals surface area contributed by atoms with Gasteiger partial charge in [0.05, 0.1) is 0 Å². The van der Waals surface area contributed by atoms with Crippen LogP contribution in [-0.2, 0) is 10.0 Å². The lowest BCUT2D eigenvalue weighted by molar-refractivity contribution is 0.601. The van der Waals surface area contributed by atoms with Crippen molar-refractivity contribution in [2.75, 3.05) is 4.72 Å². The zero-order valence-electron chi connectivity index (χ0n) is 7.88. The van der Waals surface area contributed by atoms with Gasteiger partial charge in [-0.05, 0) is 6.07 Å². The molecule has 0 aromatic carbocycles. The second-order valence-corrected chi connectivity index (χ2v) is 4.95. The molecule has 0 bridgehead atoms. The van der Waals surface area contributed by atoms with Gasteiger partial charge in [-0.3, -0.25) is 4.72 Å². The summed E-state index contributed by atoms with van der Waals surface area (Å²) in [5.74, 6) is 0.126. The van der Waals surface area contributed by atoms with Gasteiger partial charge in [-0.25, -0.2) is 18.4 Å². The van der Waals surface area contributed by atoms with E-state index < -0.39 is 10.0 Å². The van der Waals surface area contributed by atoms with Crippen molar-refractivity contribution in [1.29, 1.82) is 0 Å². The maximum absolute atomic E-state index is 11.7. The first-order chi connectivity index (χ1) is 7.58. The number of halogens is 1. The summed E-state index contributed by atoms with van der Waals surface area (Å²) >= 11 is 5.61. The van der Waals surface area contributed by atoms with Gasteiger partial charge in [0.25, 0.3) is 10.0 Å². The number of aromatic nitrogens is 3. The van der Waals surface area contributed by atoms with Crippen molar-refractivity contribution in [2.45, 2.75) is 4.90 Å². The number of nitrogens with one attached hydrogen (secondary N) is 2. The standard InChI is InChI=1S/C8H7ClN4O2S/c9-7-3-8(12-5-11-7)13-16(14,15)6-1-2-10-4-6/h1-5,10H,(H,11,12,13). The molecule has 0 aliphatic carbocycles. The minimum absolute atomic E-state index is 0.126. The Morgan fingerprint density at radius 2 is 2.19 bits per heavy atom. The van der Waals surface area contributed by atoms with Crippen LogP contribution in [0.4, 0.5) is 5.82 Å². The first kappa shape index (κ1) is 10.9. The van der Waals surface area contributed by atoms with Gasteiger partial charge in [0, 0.05) is 18.5 Å². The van der Waals surface area contributed by atoms with E-state index in [0.717, 1.165) is 0 Å². The summed E-state index contributed by atoms with van der Waals surface area (Å²) in [7, 11) is -3.62. The van der Waals surface area contributed by atoms with Crippen molar-refractivity contribution in [3.8, 4) is 0 Å². The van der Waals surface area contributed by atoms with Crippen LogP contribution in [0.25, 0.3) is 0 Å². The SMILES string of the molecule is O=S(=O)(Nc1cc(Cl)ncn1)c1cc[nH]c1. The summed E-state index contributed by atoms with van der Waals surface area (Å²) in [5, 5.41) is 0.168. The van der Waals surface area contributed by atoms with Crippen LogP contribution >= 0.6 is 11.6 Å². The molecule has 0 radical (unpaired) electrons. The third-order valence-corrected chi connectivity index (χ3v) is 3.31. The van der Waals surface area contributed by atoms with E-state index in [-0.39, 0.29) is 15.9 Å². The van der Waals surface area contributed by atoms with Crippen LogP contribution in [0.1, 0.15) is 0 Å². The molecular formula is C8H7ClN4O2S. The lowest BCUT2D eigenvalue weighted by Gasteiger charge is -2.04. The van der Waals surface area contributed by atoms with Crippen molar-refractivity contribution in [1.82, 2.24) is 15.0 Å². The molecule has 2 N–H and O–H groups in total. The van der Waals surface area contributed by atoms with Crippen LogP contribution in [-0.4, -0.2) is 23.4 Å². The third kappa shape index (κ3) is 2.31. The highest BCUT2D eigenvalue weighted by molar-refractivity contribution is 7.92. The molecule has 16 heavy (non-hydrogen) atoms. The van der Waals surface area contributed by atoms with Crippen molar-refractivity contribution in [3.05, 3.63) is 36.0 Å². The van der Waals surface area contributed by atoms with Gasteiger partial charge in [-0.15, -0.1) is 0 Å². The van der Waals surface area contributed by atoms with Crippen LogP contribution < -0.4 is 4.72 Å². The molecule has 6 nitrogen and oxygen atoms in total. The van der Waals surface area contributed by atoms with Crippen LogP contribution in [0.15, 0.2) is 35.7 Å². The molecule has 0 saturated heterocycles. The fraction of sp³-hybridized carbons (Fsp3) is 0. The first-order valence-corrected chi connectivity index (χ1v) is 6.07. The second-order valence-electron chi connectivity index (χ2n) is 2.88. The highest BCUT2D eigenvalue weighted by atomic mass is 35.5. The van der Waals surface area contributed by atoms with E-state index in [1.165, 1.54) is 30.9 Å². The van der Waals surface area contributed by atoms with Gasteiger partial charge in [0.1, 0.15) is 22.2 Å². The molecule has 2 aromatic rings. The topological polar surface area (TPSA) is 87.7 Å². The number of hydrogen-bond donors (Lipinski definition) is 2. The monoisotopic (exact) mass is 258 g/mol. The van der Waals surface area contributed by atoms with Crippen molar-refractivity contribution < 1.29 is 8.42 Å². The number of sulfonamides is 1. The molecule has 0 unspecified atom stereocenters. The predicted octanol–water partition coefficient (Wildman–Crippen LogP) is 1.26. The maximum atomic E-state index is 11.7. The van der Waals surface area contributed by atoms with E-state index >= 15 is 0 Å². The van der Waals surface area contributed by atoms with Crippen molar-refractivity contribution >= 4 is 27.4 Å². The van der Waals surface area contributed by atoms with E-state index in [1.54, 1.807) is 0 Å². The molecule has 84 valence electrons. The van der Waals surface area contributed by atoms with E-state index in [0.29, 0.717) is 0 Å². The Labute approximate surface area is 96.8 Å². The fourth-order valence-electron chi connectivity index (χ4n) is 1.06. The molecule has 0 aliphatic heterocycles. The van der Waals surface area contributed by atoms with E-state index in [2.05, 4.69) is 19.7 Å². The average Bonchev–Trinajstić information content (AvgIpc) is 2.69. The molecule has 2 aromatic heterocycles. The Morgan fingerprint density at radius 3 is 2.81 bits per heavy atom. The summed E-state index contributed by atoms with van der Waals surface area (Å²) in [6, 6.07) is 2.76. The second kappa shape index (κ2) is 4.11. The van der Waals surface area contributed by atoms with E-state index in [9.17, 15) is 8.42 Å². The van der Waals surface area contributed by atoms with Crippen LogP contribution in [0.2, 0.25) is 5.15 Å². The molecule has 0 fully saturated rings. The number of aromatic amines is 1. The number of hydrogen-bond acceptors (Lipinski definition) is 4. The Bertz CT molecular complexity index is 582. The summed E-state index contributed by atoms with van der Waals surface area (Å²) in [6.45, 7) is 0. The fourth-order valence-corrected chi connectivity index (χ4v) is 2.18. The number of anilines is 1. The minimum atomic E-state index is -3.62. The van der Waals surface area contributed by atoms with Crippen LogP contribution in [0.3, 0.4) is 0 Å². The van der Waals surface area contributed by atoms with Gasteiger partial charge in [0.15, 0.2) is 0 Å². The molecular weight excluding hydrogens is 252 g/mol. The van der Waals surface area contributed by atoms with Crippen LogP contribution in [0, 0.1) is 0 Å². The lowest BCUT2D eigenvalue weighted by Crippen LogP contribution is -2.13. The smallest absolute Gasteiger partial charge is 0.264 e. The number of nitrogens with zero attached hydrogens (tertiary/aromatic N) is 2. The highest BCUT2D eigenvalue weighted by Gasteiger charge is 2.14. The summed E-state index contributed by atoms with van der Waals surface area (Å²) in [5.41, 5.74) is 0. The lowest BCUT2D eigenvalue weighted by atomic mass is 10.6. The molecule has 0 saturated carbocycles. The Balaban J connectivity index is 2.29. The first-order valence-electron chi connectivity index (χ1n) is 4.21. The van der Waals surface area contributed by atoms with E-state index in [1.807, 2.05) is 0 Å². The highest BCUT2D eigenvalue weighted by Crippen LogP contribution is 2.14. The molecule has 0 spiro atoms. The normalized spacial score (nSPS) is 11.3. The van der Waals surface area contributed by atoms with Gasteiger partial charge in [0.2, 0.25) is 0 Å². The zero-order valence-corrected chi connectivity index (χ0v) is 9.46. The Hall–Kier alpha value is -1.60. The number of rotatable bonds is 3. The van der Waals surface area contributed by atoms with Gasteiger partial charge in [-0.2, -0.15) is 0 Å². The average molecular weight is 259 g/mol. The summed E-state index contributed by atoms with van der Waals surface area (Å²) < 4.78 is 25.8. The Kier molecular flexibility index (Phi) is 2.80. The quantitative estimate of drug-likeness (QED) is 0.812. The molecule has 8 heteroatoms. The molecule has 2 rings (SSSR count). The predicted molar refractivity (Wildman–Crippen MR) is 58.6 cm³/mol. The molecule has 2 heterocycles. The molecule has 0 amide bonds. The van der Waals surface area contributed by atoms with Gasteiger partial charge >= 0.3 is 0 Å². The largest absolute Gasteiger partial charge is 0.366 e. The zero-order chi connectivity index (χ0) is 11.6. The van der Waals surface area contributed by atoms with Crippen molar-refractivity contribution in [3.63, 3.8) is 0 Å². The van der Waals surface area contributed by atoms with Gasteiger partial charge in [-0.1, -0.05) is 11.6 Å². The minimum Gasteiger partial charge on any atom is -0.366 e. The van der Waals surface area contributed by atoms with E-state index in [4.69, 9.17) is 11.6 Å².